The Balaban J connectivity index is 1.85. The minimum atomic E-state index is -3.67. The Kier molecular flexibility index (Phi) is 4.97. The fraction of sp³-hybridized carbons (Fsp3) is 0.375. The first kappa shape index (κ1) is 18.1. The summed E-state index contributed by atoms with van der Waals surface area (Å²) < 4.78 is 27.0. The van der Waals surface area contributed by atoms with Gasteiger partial charge in [0.25, 0.3) is 10.0 Å². The molecule has 1 saturated heterocycles. The number of sulfonamides is 1. The van der Waals surface area contributed by atoms with E-state index in [1.54, 1.807) is 17.5 Å². The van der Waals surface area contributed by atoms with Gasteiger partial charge in [-0.25, -0.2) is 8.42 Å². The average molecular weight is 396 g/mol. The van der Waals surface area contributed by atoms with Crippen LogP contribution in [0.5, 0.6) is 0 Å². The maximum absolute atomic E-state index is 12.8. The Bertz CT molecular complexity index is 939. The first-order valence-electron chi connectivity index (χ1n) is 7.72. The van der Waals surface area contributed by atoms with Gasteiger partial charge in [0, 0.05) is 11.4 Å². The molecular formula is C16H17N3O3S3. The normalized spacial score (nSPS) is 18.2. The van der Waals surface area contributed by atoms with Crippen LogP contribution < -0.4 is 5.32 Å². The van der Waals surface area contributed by atoms with Crippen molar-refractivity contribution in [2.24, 2.45) is 0 Å². The van der Waals surface area contributed by atoms with Crippen molar-refractivity contribution >= 4 is 43.6 Å². The Morgan fingerprint density at radius 1 is 1.44 bits per heavy atom. The third-order valence-corrected chi connectivity index (χ3v) is 8.70. The van der Waals surface area contributed by atoms with E-state index in [2.05, 4.69) is 11.4 Å². The van der Waals surface area contributed by atoms with Gasteiger partial charge in [-0.3, -0.25) is 4.79 Å². The molecule has 1 atom stereocenters. The predicted molar refractivity (Wildman–Crippen MR) is 98.4 cm³/mol. The predicted octanol–water partition coefficient (Wildman–Crippen LogP) is 3.09. The smallest absolute Gasteiger partial charge is 0.253 e. The van der Waals surface area contributed by atoms with Crippen molar-refractivity contribution in [3.63, 3.8) is 0 Å². The number of aryl methyl sites for hydroxylation is 1. The van der Waals surface area contributed by atoms with Gasteiger partial charge < -0.3 is 5.32 Å². The molecule has 1 amide bonds. The highest BCUT2D eigenvalue weighted by molar-refractivity contribution is 7.91. The maximum Gasteiger partial charge on any atom is 0.253 e. The molecule has 0 radical (unpaired) electrons. The molecule has 1 N–H and O–H groups in total. The van der Waals surface area contributed by atoms with Crippen molar-refractivity contribution in [3.8, 4) is 6.07 Å². The summed E-state index contributed by atoms with van der Waals surface area (Å²) in [5, 5.41) is 14.3. The molecule has 2 aromatic heterocycles. The van der Waals surface area contributed by atoms with Gasteiger partial charge in [-0.15, -0.1) is 22.7 Å². The molecule has 0 bridgehead atoms. The molecule has 25 heavy (non-hydrogen) atoms. The zero-order valence-corrected chi connectivity index (χ0v) is 16.2. The van der Waals surface area contributed by atoms with Crippen molar-refractivity contribution in [1.29, 1.82) is 5.26 Å². The molecule has 6 nitrogen and oxygen atoms in total. The zero-order valence-electron chi connectivity index (χ0n) is 13.8. The highest BCUT2D eigenvalue weighted by atomic mass is 32.2. The number of hydrogen-bond acceptors (Lipinski definition) is 6. The van der Waals surface area contributed by atoms with Crippen molar-refractivity contribution in [2.45, 2.75) is 36.9 Å². The topological polar surface area (TPSA) is 90.3 Å². The molecule has 3 rings (SSSR count). The number of carbonyl (C=O) groups excluding carboxylic acids is 1. The van der Waals surface area contributed by atoms with Gasteiger partial charge in [-0.1, -0.05) is 6.07 Å². The van der Waals surface area contributed by atoms with Gasteiger partial charge in [-0.2, -0.15) is 9.57 Å². The van der Waals surface area contributed by atoms with E-state index in [1.807, 2.05) is 13.8 Å². The molecule has 1 aliphatic heterocycles. The van der Waals surface area contributed by atoms with Gasteiger partial charge in [0.2, 0.25) is 5.91 Å². The van der Waals surface area contributed by atoms with Gasteiger partial charge >= 0.3 is 0 Å². The summed E-state index contributed by atoms with van der Waals surface area (Å²) >= 11 is 2.48. The number of nitrogens with one attached hydrogen (secondary N) is 1. The number of amides is 1. The van der Waals surface area contributed by atoms with Gasteiger partial charge in [0.1, 0.15) is 21.3 Å². The fourth-order valence-electron chi connectivity index (χ4n) is 2.86. The lowest BCUT2D eigenvalue weighted by atomic mass is 10.2. The lowest BCUT2D eigenvalue weighted by Gasteiger charge is -2.22. The molecular weight excluding hydrogens is 378 g/mol. The van der Waals surface area contributed by atoms with Crippen molar-refractivity contribution in [2.75, 3.05) is 11.9 Å². The number of carbonyl (C=O) groups is 1. The molecule has 132 valence electrons. The van der Waals surface area contributed by atoms with Crippen LogP contribution in [0.2, 0.25) is 0 Å². The van der Waals surface area contributed by atoms with Crippen molar-refractivity contribution < 1.29 is 13.2 Å². The second kappa shape index (κ2) is 6.88. The second-order valence-corrected chi connectivity index (χ2v) is 10.1. The number of rotatable bonds is 4. The Hall–Kier alpha value is -1.73. The first-order chi connectivity index (χ1) is 11.9. The summed E-state index contributed by atoms with van der Waals surface area (Å²) in [5.74, 6) is -0.379. The van der Waals surface area contributed by atoms with Gasteiger partial charge in [0.05, 0.1) is 5.56 Å². The number of thiophene rings is 2. The van der Waals surface area contributed by atoms with Crippen LogP contribution in [0.3, 0.4) is 0 Å². The Morgan fingerprint density at radius 2 is 2.20 bits per heavy atom. The standard InChI is InChI=1S/C16H17N3O3S3/c1-10-11(2)24-16(12(10)9-17)18-15(20)13-5-3-7-19(13)25(21,22)14-6-4-8-23-14/h4,6,8,13H,3,5,7H2,1-2H3,(H,18,20)/t13-/m0/s1. The fourth-order valence-corrected chi connectivity index (χ4v) is 6.65. The third-order valence-electron chi connectivity index (χ3n) is 4.30. The van der Waals surface area contributed by atoms with Crippen LogP contribution in [0.4, 0.5) is 5.00 Å². The van der Waals surface area contributed by atoms with E-state index in [0.29, 0.717) is 30.0 Å². The highest BCUT2D eigenvalue weighted by Gasteiger charge is 2.40. The largest absolute Gasteiger partial charge is 0.315 e. The van der Waals surface area contributed by atoms with Crippen LogP contribution in [-0.2, 0) is 14.8 Å². The molecule has 0 spiro atoms. The minimum Gasteiger partial charge on any atom is -0.315 e. The van der Waals surface area contributed by atoms with Gasteiger partial charge in [-0.05, 0) is 43.7 Å². The van der Waals surface area contributed by atoms with Crippen molar-refractivity contribution in [1.82, 2.24) is 4.31 Å². The monoisotopic (exact) mass is 395 g/mol. The average Bonchev–Trinajstić information content (AvgIpc) is 3.29. The van der Waals surface area contributed by atoms with E-state index in [9.17, 15) is 18.5 Å². The number of anilines is 1. The molecule has 0 aliphatic carbocycles. The van der Waals surface area contributed by atoms with E-state index in [-0.39, 0.29) is 10.1 Å². The van der Waals surface area contributed by atoms with E-state index < -0.39 is 16.1 Å². The van der Waals surface area contributed by atoms with Crippen LogP contribution in [0.15, 0.2) is 21.7 Å². The summed E-state index contributed by atoms with van der Waals surface area (Å²) in [7, 11) is -3.67. The molecule has 9 heteroatoms. The molecule has 1 fully saturated rings. The highest BCUT2D eigenvalue weighted by Crippen LogP contribution is 2.33. The number of nitriles is 1. The lowest BCUT2D eigenvalue weighted by Crippen LogP contribution is -2.42. The third kappa shape index (κ3) is 3.22. The van der Waals surface area contributed by atoms with E-state index >= 15 is 0 Å². The van der Waals surface area contributed by atoms with Crippen LogP contribution in [0.1, 0.15) is 28.8 Å². The minimum absolute atomic E-state index is 0.243. The number of hydrogen-bond donors (Lipinski definition) is 1. The van der Waals surface area contributed by atoms with Crippen LogP contribution in [0, 0.1) is 25.2 Å². The lowest BCUT2D eigenvalue weighted by molar-refractivity contribution is -0.119. The molecule has 1 aliphatic rings. The number of nitrogens with zero attached hydrogens (tertiary/aromatic N) is 2. The zero-order chi connectivity index (χ0) is 18.2. The quantitative estimate of drug-likeness (QED) is 0.861. The Morgan fingerprint density at radius 3 is 2.84 bits per heavy atom. The van der Waals surface area contributed by atoms with E-state index in [4.69, 9.17) is 0 Å². The molecule has 0 unspecified atom stereocenters. The molecule has 3 heterocycles. The SMILES string of the molecule is Cc1sc(NC(=O)[C@@H]2CCCN2S(=O)(=O)c2cccs2)c(C#N)c1C. The Labute approximate surface area is 154 Å². The summed E-state index contributed by atoms with van der Waals surface area (Å²) in [6.07, 6.45) is 1.11. The molecule has 2 aromatic rings. The maximum atomic E-state index is 12.8. The summed E-state index contributed by atoms with van der Waals surface area (Å²) in [6.45, 7) is 4.05. The second-order valence-electron chi connectivity index (χ2n) is 5.79. The summed E-state index contributed by atoms with van der Waals surface area (Å²) in [6, 6.07) is 4.59. The van der Waals surface area contributed by atoms with Crippen LogP contribution in [0.25, 0.3) is 0 Å². The van der Waals surface area contributed by atoms with E-state index in [0.717, 1.165) is 21.8 Å². The summed E-state index contributed by atoms with van der Waals surface area (Å²) in [4.78, 5) is 13.7. The van der Waals surface area contributed by atoms with Crippen LogP contribution in [-0.4, -0.2) is 31.2 Å². The van der Waals surface area contributed by atoms with E-state index in [1.165, 1.54) is 15.6 Å². The molecule has 0 aromatic carbocycles. The van der Waals surface area contributed by atoms with Crippen LogP contribution >= 0.6 is 22.7 Å². The summed E-state index contributed by atoms with van der Waals surface area (Å²) in [5.41, 5.74) is 1.29. The first-order valence-corrected chi connectivity index (χ1v) is 10.9. The van der Waals surface area contributed by atoms with Gasteiger partial charge in [0.15, 0.2) is 0 Å². The molecule has 0 saturated carbocycles. The van der Waals surface area contributed by atoms with Crippen molar-refractivity contribution in [3.05, 3.63) is 33.5 Å².